The predicted octanol–water partition coefficient (Wildman–Crippen LogP) is 5.25. The third-order valence-electron chi connectivity index (χ3n) is 6.14. The molecule has 0 atom stereocenters. The minimum atomic E-state index is -0.0761. The molecule has 1 aromatic heterocycles. The summed E-state index contributed by atoms with van der Waals surface area (Å²) in [4.78, 5) is 13.3. The lowest BCUT2D eigenvalue weighted by Crippen LogP contribution is -2.14. The van der Waals surface area contributed by atoms with Crippen LogP contribution < -0.4 is 5.32 Å². The van der Waals surface area contributed by atoms with Gasteiger partial charge in [-0.25, -0.2) is 4.68 Å². The van der Waals surface area contributed by atoms with Crippen molar-refractivity contribution in [3.05, 3.63) is 89.2 Å². The molecule has 0 radical (unpaired) electrons. The normalized spacial score (nSPS) is 15.0. The number of aromatic nitrogens is 2. The first-order chi connectivity index (χ1) is 14.3. The van der Waals surface area contributed by atoms with E-state index in [2.05, 4.69) is 34.7 Å². The van der Waals surface area contributed by atoms with E-state index in [-0.39, 0.29) is 5.91 Å². The van der Waals surface area contributed by atoms with Gasteiger partial charge in [0.25, 0.3) is 5.91 Å². The number of carbonyl (C=O) groups excluding carboxylic acids is 1. The Labute approximate surface area is 169 Å². The molecule has 4 nitrogen and oxygen atoms in total. The maximum absolute atomic E-state index is 13.3. The van der Waals surface area contributed by atoms with Gasteiger partial charge in [-0.05, 0) is 60.4 Å². The second kappa shape index (κ2) is 6.31. The zero-order chi connectivity index (χ0) is 19.4. The Kier molecular flexibility index (Phi) is 3.60. The molecule has 1 N–H and O–H groups in total. The second-order valence-corrected chi connectivity index (χ2v) is 8.03. The summed E-state index contributed by atoms with van der Waals surface area (Å²) in [5.41, 5.74) is 6.35. The SMILES string of the molecule is O=C(Nc1ccc2c3c(cccc13)CC2)c1cnn(-c2ccccc2)c1C1CC1. The van der Waals surface area contributed by atoms with Crippen molar-refractivity contribution < 1.29 is 4.79 Å². The van der Waals surface area contributed by atoms with Crippen molar-refractivity contribution in [2.45, 2.75) is 31.6 Å². The molecule has 1 fully saturated rings. The fourth-order valence-corrected chi connectivity index (χ4v) is 4.60. The molecule has 6 rings (SSSR count). The summed E-state index contributed by atoms with van der Waals surface area (Å²) < 4.78 is 1.93. The number of anilines is 1. The van der Waals surface area contributed by atoms with E-state index in [1.807, 2.05) is 41.1 Å². The molecule has 0 bridgehead atoms. The van der Waals surface area contributed by atoms with Crippen molar-refractivity contribution in [2.75, 3.05) is 5.32 Å². The fraction of sp³-hybridized carbons (Fsp3) is 0.200. The van der Waals surface area contributed by atoms with Crippen molar-refractivity contribution in [3.63, 3.8) is 0 Å². The fourth-order valence-electron chi connectivity index (χ4n) is 4.60. The lowest BCUT2D eigenvalue weighted by molar-refractivity contribution is 0.102. The van der Waals surface area contributed by atoms with E-state index in [9.17, 15) is 4.79 Å². The van der Waals surface area contributed by atoms with Crippen LogP contribution in [0.4, 0.5) is 5.69 Å². The first kappa shape index (κ1) is 16.5. The van der Waals surface area contributed by atoms with E-state index in [4.69, 9.17) is 0 Å². The van der Waals surface area contributed by atoms with Crippen LogP contribution in [0, 0.1) is 0 Å². The Morgan fingerprint density at radius 2 is 1.72 bits per heavy atom. The Morgan fingerprint density at radius 3 is 2.52 bits per heavy atom. The van der Waals surface area contributed by atoms with Gasteiger partial charge >= 0.3 is 0 Å². The lowest BCUT2D eigenvalue weighted by atomic mass is 10.0. The molecule has 29 heavy (non-hydrogen) atoms. The molecule has 3 aromatic carbocycles. The molecule has 4 aromatic rings. The molecule has 2 aliphatic carbocycles. The van der Waals surface area contributed by atoms with Crippen molar-refractivity contribution >= 4 is 22.4 Å². The van der Waals surface area contributed by atoms with Crippen LogP contribution in [0.3, 0.4) is 0 Å². The van der Waals surface area contributed by atoms with Crippen LogP contribution in [0.5, 0.6) is 0 Å². The van der Waals surface area contributed by atoms with Crippen LogP contribution in [0.1, 0.15) is 45.9 Å². The van der Waals surface area contributed by atoms with E-state index >= 15 is 0 Å². The number of carbonyl (C=O) groups is 1. The van der Waals surface area contributed by atoms with Gasteiger partial charge in [0.15, 0.2) is 0 Å². The van der Waals surface area contributed by atoms with Crippen LogP contribution in [0.25, 0.3) is 16.5 Å². The number of benzene rings is 3. The van der Waals surface area contributed by atoms with E-state index in [1.54, 1.807) is 6.20 Å². The van der Waals surface area contributed by atoms with Crippen molar-refractivity contribution in [3.8, 4) is 5.69 Å². The topological polar surface area (TPSA) is 46.9 Å². The van der Waals surface area contributed by atoms with Crippen LogP contribution in [0.15, 0.2) is 66.9 Å². The number of aryl methyl sites for hydroxylation is 2. The van der Waals surface area contributed by atoms with Crippen LogP contribution in [-0.4, -0.2) is 15.7 Å². The maximum atomic E-state index is 13.3. The van der Waals surface area contributed by atoms with E-state index in [1.165, 1.54) is 16.5 Å². The molecule has 1 saturated carbocycles. The molecular weight excluding hydrogens is 358 g/mol. The third-order valence-corrected chi connectivity index (χ3v) is 6.14. The smallest absolute Gasteiger partial charge is 0.259 e. The van der Waals surface area contributed by atoms with E-state index in [0.717, 1.165) is 48.1 Å². The molecule has 0 spiro atoms. The maximum Gasteiger partial charge on any atom is 0.259 e. The predicted molar refractivity (Wildman–Crippen MR) is 115 cm³/mol. The van der Waals surface area contributed by atoms with Crippen molar-refractivity contribution in [2.24, 2.45) is 0 Å². The lowest BCUT2D eigenvalue weighted by Gasteiger charge is -2.12. The van der Waals surface area contributed by atoms with Gasteiger partial charge in [0, 0.05) is 17.0 Å². The largest absolute Gasteiger partial charge is 0.321 e. The molecule has 142 valence electrons. The van der Waals surface area contributed by atoms with Crippen molar-refractivity contribution in [1.82, 2.24) is 9.78 Å². The van der Waals surface area contributed by atoms with Gasteiger partial charge in [-0.15, -0.1) is 0 Å². The van der Waals surface area contributed by atoms with Crippen LogP contribution in [0.2, 0.25) is 0 Å². The quantitative estimate of drug-likeness (QED) is 0.526. The Morgan fingerprint density at radius 1 is 0.931 bits per heavy atom. The summed E-state index contributed by atoms with van der Waals surface area (Å²) in [5.74, 6) is 0.332. The average molecular weight is 379 g/mol. The summed E-state index contributed by atoms with van der Waals surface area (Å²) in [5, 5.41) is 10.2. The molecule has 4 heteroatoms. The number of nitrogens with one attached hydrogen (secondary N) is 1. The van der Waals surface area contributed by atoms with Crippen LogP contribution >= 0.6 is 0 Å². The Hall–Kier alpha value is -3.40. The summed E-state index contributed by atoms with van der Waals surface area (Å²) >= 11 is 0. The molecular formula is C25H21N3O. The van der Waals surface area contributed by atoms with Crippen molar-refractivity contribution in [1.29, 1.82) is 0 Å². The summed E-state index contributed by atoms with van der Waals surface area (Å²) in [6.07, 6.45) is 6.11. The minimum absolute atomic E-state index is 0.0761. The van der Waals surface area contributed by atoms with Gasteiger partial charge in [-0.3, -0.25) is 4.79 Å². The second-order valence-electron chi connectivity index (χ2n) is 8.03. The van der Waals surface area contributed by atoms with Gasteiger partial charge in [0.1, 0.15) is 0 Å². The molecule has 1 heterocycles. The third kappa shape index (κ3) is 2.67. The number of para-hydroxylation sites is 1. The summed E-state index contributed by atoms with van der Waals surface area (Å²) in [6.45, 7) is 0. The van der Waals surface area contributed by atoms with Gasteiger partial charge in [0.05, 0.1) is 23.1 Å². The Balaban J connectivity index is 1.40. The highest BCUT2D eigenvalue weighted by molar-refractivity contribution is 6.11. The first-order valence-electron chi connectivity index (χ1n) is 10.3. The monoisotopic (exact) mass is 379 g/mol. The molecule has 0 saturated heterocycles. The first-order valence-corrected chi connectivity index (χ1v) is 10.3. The Bertz CT molecular complexity index is 1240. The summed E-state index contributed by atoms with van der Waals surface area (Å²) in [6, 6.07) is 20.7. The number of rotatable bonds is 4. The van der Waals surface area contributed by atoms with E-state index in [0.29, 0.717) is 11.5 Å². The zero-order valence-electron chi connectivity index (χ0n) is 16.1. The highest BCUT2D eigenvalue weighted by Crippen LogP contribution is 2.43. The standard InChI is InChI=1S/C25H21N3O/c29-25(27-22-14-13-17-10-9-16-5-4-8-20(22)23(16)17)21-15-26-28(24(21)18-11-12-18)19-6-2-1-3-7-19/h1-8,13-15,18H,9-12H2,(H,27,29). The number of hydrogen-bond acceptors (Lipinski definition) is 2. The molecule has 1 amide bonds. The highest BCUT2D eigenvalue weighted by atomic mass is 16.1. The zero-order valence-corrected chi connectivity index (χ0v) is 16.1. The van der Waals surface area contributed by atoms with E-state index < -0.39 is 0 Å². The molecule has 2 aliphatic rings. The van der Waals surface area contributed by atoms with Gasteiger partial charge in [-0.1, -0.05) is 42.5 Å². The number of nitrogens with zero attached hydrogens (tertiary/aromatic N) is 2. The van der Waals surface area contributed by atoms with Crippen LogP contribution in [-0.2, 0) is 12.8 Å². The highest BCUT2D eigenvalue weighted by Gasteiger charge is 2.33. The van der Waals surface area contributed by atoms with Gasteiger partial charge in [0.2, 0.25) is 0 Å². The molecule has 0 aliphatic heterocycles. The number of hydrogen-bond donors (Lipinski definition) is 1. The minimum Gasteiger partial charge on any atom is -0.321 e. The summed E-state index contributed by atoms with van der Waals surface area (Å²) in [7, 11) is 0. The average Bonchev–Trinajstić information content (AvgIpc) is 3.36. The number of amides is 1. The van der Waals surface area contributed by atoms with Gasteiger partial charge < -0.3 is 5.32 Å². The molecule has 0 unspecified atom stereocenters. The van der Waals surface area contributed by atoms with Gasteiger partial charge in [-0.2, -0.15) is 5.10 Å².